The molecule has 0 saturated heterocycles. The number of carbonyl (C=O) groups is 1. The second-order valence-corrected chi connectivity index (χ2v) is 5.23. The molecule has 0 aliphatic heterocycles. The molecule has 0 aromatic heterocycles. The normalized spacial score (nSPS) is 22.5. The van der Waals surface area contributed by atoms with E-state index in [0.717, 1.165) is 25.7 Å². The zero-order valence-electron chi connectivity index (χ0n) is 11.2. The number of benzene rings is 1. The number of rotatable bonds is 2. The molecule has 0 amide bonds. The third kappa shape index (κ3) is 4.89. The Labute approximate surface area is 166 Å². The number of hydrogen-bond acceptors (Lipinski definition) is 2. The summed E-state index contributed by atoms with van der Waals surface area (Å²) in [6, 6.07) is 5.30. The first-order valence-electron chi connectivity index (χ1n) is 6.15. The van der Waals surface area contributed by atoms with E-state index in [-0.39, 0.29) is 80.8 Å². The van der Waals surface area contributed by atoms with Gasteiger partial charge in [0, 0.05) is 0 Å². The molecule has 2 nitrogen and oxygen atoms in total. The predicted molar refractivity (Wildman–Crippen MR) is 67.0 cm³/mol. The van der Waals surface area contributed by atoms with Crippen LogP contribution < -0.4 is 62.9 Å². The van der Waals surface area contributed by atoms with Gasteiger partial charge in [-0.25, -0.2) is 0 Å². The molecule has 98 valence electrons. The van der Waals surface area contributed by atoms with E-state index in [4.69, 9.17) is 16.3 Å². The Kier molecular flexibility index (Phi) is 7.69. The minimum absolute atomic E-state index is 0. The van der Waals surface area contributed by atoms with Crippen LogP contribution in [0.4, 0.5) is 4.39 Å². The van der Waals surface area contributed by atoms with Crippen LogP contribution in [0.25, 0.3) is 0 Å². The molecule has 0 spiro atoms. The van der Waals surface area contributed by atoms with Crippen molar-refractivity contribution in [3.63, 3.8) is 0 Å². The predicted octanol–water partition coefficient (Wildman–Crippen LogP) is 1.01. The van der Waals surface area contributed by atoms with Gasteiger partial charge >= 0.3 is 64.2 Å². The van der Waals surface area contributed by atoms with Crippen molar-refractivity contribution >= 4 is 17.6 Å². The number of ether oxygens (including phenoxy) is 1. The van der Waals surface area contributed by atoms with Crippen molar-refractivity contribution in [2.75, 3.05) is 0 Å². The summed E-state index contributed by atoms with van der Waals surface area (Å²) in [5.74, 6) is -0.655. The Morgan fingerprint density at radius 3 is 2.68 bits per heavy atom. The fourth-order valence-corrected chi connectivity index (χ4v) is 2.36. The van der Waals surface area contributed by atoms with Gasteiger partial charge in [-0.3, -0.25) is 9.18 Å². The monoisotopic (exact) mass is 354 g/mol. The first-order valence-corrected chi connectivity index (χ1v) is 6.53. The van der Waals surface area contributed by atoms with E-state index in [2.05, 4.69) is 13.0 Å². The van der Waals surface area contributed by atoms with Gasteiger partial charge < -0.3 is 4.74 Å². The van der Waals surface area contributed by atoms with Crippen LogP contribution in [0.5, 0.6) is 5.75 Å². The molecule has 1 aliphatic carbocycles. The average molecular weight is 355 g/mol. The summed E-state index contributed by atoms with van der Waals surface area (Å²) in [6.07, 6.45) is 3.67. The Hall–Kier alpha value is 0.715. The van der Waals surface area contributed by atoms with Crippen LogP contribution in [-0.2, 0) is 4.79 Å². The molecule has 1 fully saturated rings. The van der Waals surface area contributed by atoms with Crippen LogP contribution in [0.3, 0.4) is 0 Å². The summed E-state index contributed by atoms with van der Waals surface area (Å²) in [7, 11) is 0. The molecule has 5 heteroatoms. The Morgan fingerprint density at radius 2 is 2.05 bits per heavy atom. The topological polar surface area (TPSA) is 26.3 Å². The Bertz CT molecular complexity index is 445. The fourth-order valence-electron chi connectivity index (χ4n) is 2.20. The molecular formula is C14H15ClFO2Rb. The zero-order chi connectivity index (χ0) is 13.1. The zero-order valence-corrected chi connectivity index (χ0v) is 16.9. The molecule has 0 N–H and O–H groups in total. The van der Waals surface area contributed by atoms with Crippen molar-refractivity contribution in [1.29, 1.82) is 0 Å². The van der Waals surface area contributed by atoms with Crippen molar-refractivity contribution in [1.82, 2.24) is 0 Å². The number of hydrogen-bond donors (Lipinski definition) is 0. The summed E-state index contributed by atoms with van der Waals surface area (Å²) < 4.78 is 18.6. The molecule has 0 heterocycles. The minimum atomic E-state index is -0.725. The van der Waals surface area contributed by atoms with Crippen molar-refractivity contribution < 1.29 is 72.1 Å². The first-order chi connectivity index (χ1) is 8.58. The molecule has 1 aromatic carbocycles. The molecular weight excluding hydrogens is 340 g/mol. The van der Waals surface area contributed by atoms with Crippen molar-refractivity contribution in [2.45, 2.75) is 32.6 Å². The maximum atomic E-state index is 13.6. The second kappa shape index (κ2) is 8.23. The van der Waals surface area contributed by atoms with Crippen LogP contribution in [0.1, 0.15) is 32.6 Å². The molecule has 0 radical (unpaired) electrons. The van der Waals surface area contributed by atoms with Crippen LogP contribution in [0.2, 0.25) is 5.02 Å². The molecule has 0 unspecified atom stereocenters. The standard InChI is InChI=1S/C14H15ClFO2.Rb/c1-9-5-7-10(8-6-9)14(17)18-12-4-2-3-11(15)13(12)16;/h2,4,9-10H,5-8H2,1H3;/q-1;+1. The summed E-state index contributed by atoms with van der Waals surface area (Å²) in [4.78, 5) is 11.9. The van der Waals surface area contributed by atoms with Crippen molar-refractivity contribution in [3.8, 4) is 5.75 Å². The molecule has 19 heavy (non-hydrogen) atoms. The van der Waals surface area contributed by atoms with Gasteiger partial charge in [0.2, 0.25) is 0 Å². The molecule has 1 aromatic rings. The van der Waals surface area contributed by atoms with Crippen LogP contribution in [0.15, 0.2) is 12.1 Å². The van der Waals surface area contributed by atoms with Gasteiger partial charge in [0.15, 0.2) is 0 Å². The molecule has 0 atom stereocenters. The van der Waals surface area contributed by atoms with Gasteiger partial charge in [-0.05, 0) is 36.6 Å². The summed E-state index contributed by atoms with van der Waals surface area (Å²) in [6.45, 7) is 2.17. The van der Waals surface area contributed by atoms with E-state index in [0.29, 0.717) is 5.92 Å². The Balaban J connectivity index is 0.00000180. The minimum Gasteiger partial charge on any atom is -0.450 e. The Morgan fingerprint density at radius 1 is 1.42 bits per heavy atom. The number of carbonyl (C=O) groups excluding carboxylic acids is 1. The molecule has 2 rings (SSSR count). The molecule has 1 saturated carbocycles. The SMILES string of the molecule is CC1CCC(C(=O)Oc2cc[c-]c(Cl)c2F)CC1.[Rb+]. The van der Waals surface area contributed by atoms with Gasteiger partial charge in [0.25, 0.3) is 0 Å². The van der Waals surface area contributed by atoms with Crippen LogP contribution in [-0.4, -0.2) is 5.97 Å². The van der Waals surface area contributed by atoms with Gasteiger partial charge in [-0.1, -0.05) is 6.92 Å². The second-order valence-electron chi connectivity index (χ2n) is 4.85. The summed E-state index contributed by atoms with van der Waals surface area (Å²) in [5, 5.41) is -0.155. The van der Waals surface area contributed by atoms with E-state index in [9.17, 15) is 9.18 Å². The quantitative estimate of drug-likeness (QED) is 0.450. The van der Waals surface area contributed by atoms with E-state index in [1.807, 2.05) is 0 Å². The van der Waals surface area contributed by atoms with Gasteiger partial charge in [0.05, 0.1) is 17.5 Å². The number of esters is 1. The van der Waals surface area contributed by atoms with Gasteiger partial charge in [-0.15, -0.1) is 17.7 Å². The fraction of sp³-hybridized carbons (Fsp3) is 0.500. The third-order valence-corrected chi connectivity index (χ3v) is 3.69. The summed E-state index contributed by atoms with van der Waals surface area (Å²) >= 11 is 5.58. The van der Waals surface area contributed by atoms with E-state index < -0.39 is 5.82 Å². The molecule has 1 aliphatic rings. The number of halogens is 2. The first kappa shape index (κ1) is 17.8. The maximum Gasteiger partial charge on any atom is 1.00 e. The van der Waals surface area contributed by atoms with E-state index in [1.165, 1.54) is 12.1 Å². The van der Waals surface area contributed by atoms with Gasteiger partial charge in [-0.2, -0.15) is 12.1 Å². The van der Waals surface area contributed by atoms with Crippen molar-refractivity contribution in [3.05, 3.63) is 29.0 Å². The maximum absolute atomic E-state index is 13.6. The van der Waals surface area contributed by atoms with E-state index in [1.54, 1.807) is 0 Å². The van der Waals surface area contributed by atoms with Crippen LogP contribution >= 0.6 is 11.6 Å². The largest absolute Gasteiger partial charge is 1.00 e. The van der Waals surface area contributed by atoms with Crippen molar-refractivity contribution in [2.24, 2.45) is 11.8 Å². The summed E-state index contributed by atoms with van der Waals surface area (Å²) in [5.41, 5.74) is 0. The molecule has 0 bridgehead atoms. The third-order valence-electron chi connectivity index (χ3n) is 3.41. The van der Waals surface area contributed by atoms with Crippen LogP contribution in [0, 0.1) is 23.7 Å². The van der Waals surface area contributed by atoms with E-state index >= 15 is 0 Å². The van der Waals surface area contributed by atoms with Gasteiger partial charge in [0.1, 0.15) is 0 Å². The average Bonchev–Trinajstić information content (AvgIpc) is 2.36. The smallest absolute Gasteiger partial charge is 0.450 e.